The normalized spacial score (nSPS) is 15.2. The summed E-state index contributed by atoms with van der Waals surface area (Å²) in [6, 6.07) is 68.6. The van der Waals surface area contributed by atoms with E-state index in [-0.39, 0.29) is 63.1 Å². The first-order valence-corrected chi connectivity index (χ1v) is 27.9. The molecule has 394 valence electrons. The third-order valence-electron chi connectivity index (χ3n) is 15.4. The van der Waals surface area contributed by atoms with Crippen LogP contribution in [0, 0.1) is 24.4 Å². The van der Waals surface area contributed by atoms with Crippen LogP contribution < -0.4 is 19.8 Å². The molecule has 2 aliphatic rings. The number of fused-ring (bicyclic) bond motifs is 9. The molecule has 0 amide bonds. The van der Waals surface area contributed by atoms with E-state index in [0.717, 1.165) is 33.4 Å². The molecule has 4 heterocycles. The number of hydrogen-bond donors (Lipinski definition) is 0. The molecule has 0 saturated heterocycles. The van der Waals surface area contributed by atoms with E-state index in [1.54, 1.807) is 42.5 Å². The zero-order valence-corrected chi connectivity index (χ0v) is 46.7. The molecule has 0 N–H and O–H groups in total. The number of nitrogens with zero attached hydrogens (tertiary/aromatic N) is 5. The average Bonchev–Trinajstić information content (AvgIpc) is 1.61. The van der Waals surface area contributed by atoms with E-state index in [1.165, 1.54) is 6.07 Å². The van der Waals surface area contributed by atoms with Gasteiger partial charge in [-0.2, -0.15) is 0 Å². The summed E-state index contributed by atoms with van der Waals surface area (Å²) in [5.74, 6) is 0.585. The second-order valence-electron chi connectivity index (χ2n) is 21.4. The predicted molar refractivity (Wildman–Crippen MR) is 333 cm³/mol. The van der Waals surface area contributed by atoms with Crippen molar-refractivity contribution >= 4 is 46.4 Å². The van der Waals surface area contributed by atoms with Crippen LogP contribution in [-0.2, 0) is 24.8 Å². The molecule has 0 fully saturated rings. The molecule has 2 aromatic heterocycles. The Balaban J connectivity index is 0.984. The van der Waals surface area contributed by atoms with Crippen LogP contribution in [0.4, 0.5) is 22.9 Å². The minimum absolute atomic E-state index is 0.0109. The fourth-order valence-electron chi connectivity index (χ4n) is 11.7. The molecule has 12 aromatic rings. The average molecular weight is 1240 g/mol. The standard InChI is InChI=1S/C73H58BN5O.Pt/c1-48-23-19-29-53(41-48)59-33-22-34-60(55-43-54(51-25-9-7-10-26-51)44-56(45-55)73(4,5)6)71(59)77-47-76(63-36-15-16-37-64(63)77)57-30-21-31-58(46-57)80-72-69(52-27-11-8-12-28-52)50(3)42-68(75-72)79-66-39-18-17-38-65(66)78-67-40-20-24-49(2)70(67)61-32-13-14-35-62(61)74(78)79;/h7-46H,1-6H3;/i1D3,2D3,3D3,22D,33D,34D;. The second kappa shape index (κ2) is 20.0. The molecule has 8 heteroatoms. The number of pyridine rings is 1. The van der Waals surface area contributed by atoms with Gasteiger partial charge in [0.25, 0.3) is 0 Å². The molecule has 6 nitrogen and oxygen atoms in total. The Kier molecular flexibility index (Phi) is 9.50. The summed E-state index contributed by atoms with van der Waals surface area (Å²) < 4.78 is 120. The molecule has 81 heavy (non-hydrogen) atoms. The van der Waals surface area contributed by atoms with E-state index in [4.69, 9.17) is 17.9 Å². The second-order valence-corrected chi connectivity index (χ2v) is 22.4. The van der Waals surface area contributed by atoms with Gasteiger partial charge in [-0.25, -0.2) is 0 Å². The van der Waals surface area contributed by atoms with Crippen LogP contribution >= 0.6 is 0 Å². The van der Waals surface area contributed by atoms with Crippen molar-refractivity contribution < 1.29 is 40.5 Å². The van der Waals surface area contributed by atoms with Gasteiger partial charge in [0, 0.05) is 15.4 Å². The number of anilines is 4. The van der Waals surface area contributed by atoms with Crippen molar-refractivity contribution in [3.05, 3.63) is 269 Å². The summed E-state index contributed by atoms with van der Waals surface area (Å²) in [6.45, 7) is -1.93. The van der Waals surface area contributed by atoms with Crippen LogP contribution in [0.2, 0.25) is 0 Å². The maximum absolute atomic E-state index is 10.0. The van der Waals surface area contributed by atoms with E-state index in [1.807, 2.05) is 178 Å². The molecule has 0 spiro atoms. The van der Waals surface area contributed by atoms with Gasteiger partial charge in [0.15, 0.2) is 0 Å². The summed E-state index contributed by atoms with van der Waals surface area (Å²) in [4.78, 5) is 9.50. The monoisotopic (exact) mass is 1240 g/mol. The number of rotatable bonds is 9. The Morgan fingerprint density at radius 2 is 1.15 bits per heavy atom. The number of aromatic nitrogens is 3. The Labute approximate surface area is 502 Å². The first-order valence-electron chi connectivity index (χ1n) is 32.8. The maximum atomic E-state index is 10.0. The molecule has 0 radical (unpaired) electrons. The van der Waals surface area contributed by atoms with Crippen LogP contribution in [-0.4, -0.2) is 21.1 Å². The summed E-state index contributed by atoms with van der Waals surface area (Å²) in [7, 11) is 0. The van der Waals surface area contributed by atoms with Crippen LogP contribution in [0.1, 0.15) is 59.5 Å². The van der Waals surface area contributed by atoms with Gasteiger partial charge >= 0.3 is 411 Å². The molecule has 2 aliphatic heterocycles. The van der Waals surface area contributed by atoms with E-state index >= 15 is 0 Å². The van der Waals surface area contributed by atoms with Gasteiger partial charge in [-0.15, -0.1) is 0 Å². The number of aryl methyl sites for hydroxylation is 3. The van der Waals surface area contributed by atoms with Crippen molar-refractivity contribution in [1.82, 2.24) is 14.1 Å². The number of imidazole rings is 1. The number of ether oxygens (including phenoxy) is 1. The topological polar surface area (TPSA) is 38.5 Å². The SMILES string of the molecule is [2H]c1c([2H])c(-c2cccc(C([2H])([2H])[2H])c2)c(-n2[c](=[Pt])n(-c3cccc(Oc4nc(N5B6c7ccccc7-c7c(cccc7C([2H])([2H])[2H])N6c6ccccc65)cc(C([2H])([2H])[2H])c4-c4ccccc4)c3)c3ccccc32)c(-c2cc(-c3ccccc3)cc(C(C)(C)C)c2)c1[2H]. The van der Waals surface area contributed by atoms with E-state index in [0.29, 0.717) is 71.2 Å². The quantitative estimate of drug-likeness (QED) is 0.135. The molecule has 14 rings (SSSR count). The number of para-hydroxylation sites is 5. The van der Waals surface area contributed by atoms with Crippen molar-refractivity contribution in [2.75, 3.05) is 9.62 Å². The van der Waals surface area contributed by atoms with Gasteiger partial charge < -0.3 is 0 Å². The first-order chi connectivity index (χ1) is 44.4. The summed E-state index contributed by atoms with van der Waals surface area (Å²) in [5, 5.41) is 0. The molecular formula is C73H58BN5OPt. The molecule has 0 aliphatic carbocycles. The molecule has 0 bridgehead atoms. The third kappa shape index (κ3) is 8.61. The molecule has 10 aromatic carbocycles. The van der Waals surface area contributed by atoms with Gasteiger partial charge in [-0.3, -0.25) is 0 Å². The van der Waals surface area contributed by atoms with Crippen LogP contribution in [0.5, 0.6) is 11.6 Å². The van der Waals surface area contributed by atoms with Crippen molar-refractivity contribution in [2.24, 2.45) is 0 Å². The van der Waals surface area contributed by atoms with Gasteiger partial charge in [0.05, 0.1) is 0 Å². The first kappa shape index (κ1) is 38.6. The minimum atomic E-state index is -2.71. The predicted octanol–water partition coefficient (Wildman–Crippen LogP) is 18.2. The molecular weight excluding hydrogens is 1170 g/mol. The number of hydrogen-bond acceptors (Lipinski definition) is 4. The number of benzene rings is 10. The van der Waals surface area contributed by atoms with Crippen LogP contribution in [0.25, 0.3) is 78.0 Å². The Morgan fingerprint density at radius 3 is 1.91 bits per heavy atom. The van der Waals surface area contributed by atoms with Crippen LogP contribution in [0.3, 0.4) is 0 Å². The summed E-state index contributed by atoms with van der Waals surface area (Å²) >= 11 is 2.26. The van der Waals surface area contributed by atoms with Gasteiger partial charge in [0.1, 0.15) is 0 Å². The third-order valence-corrected chi connectivity index (χ3v) is 16.4. The zero-order valence-electron chi connectivity index (χ0n) is 56.4. The van der Waals surface area contributed by atoms with Gasteiger partial charge in [0.2, 0.25) is 0 Å². The van der Waals surface area contributed by atoms with Gasteiger partial charge in [-0.05, 0) is 30.1 Å². The van der Waals surface area contributed by atoms with Crippen molar-refractivity contribution in [1.29, 1.82) is 0 Å². The summed E-state index contributed by atoms with van der Waals surface area (Å²) in [5.41, 5.74) is 11.8. The Morgan fingerprint density at radius 1 is 0.506 bits per heavy atom. The molecule has 0 atom stereocenters. The zero-order chi connectivity index (χ0) is 65.2. The van der Waals surface area contributed by atoms with E-state index in [9.17, 15) is 8.22 Å². The Hall–Kier alpha value is -9.03. The molecule has 0 unspecified atom stereocenters. The molecule has 0 saturated carbocycles. The fourth-order valence-corrected chi connectivity index (χ4v) is 12.8. The summed E-state index contributed by atoms with van der Waals surface area (Å²) in [6.07, 6.45) is 0. The fraction of sp³-hybridized carbons (Fsp3) is 0.0959. The van der Waals surface area contributed by atoms with Gasteiger partial charge in [-0.1, -0.05) is 48.5 Å². The van der Waals surface area contributed by atoms with Crippen molar-refractivity contribution in [2.45, 2.75) is 46.7 Å². The van der Waals surface area contributed by atoms with Crippen molar-refractivity contribution in [3.8, 4) is 78.6 Å². The van der Waals surface area contributed by atoms with E-state index < -0.39 is 27.5 Å². The Bertz CT molecular complexity index is 5060. The van der Waals surface area contributed by atoms with Crippen LogP contribution in [0.15, 0.2) is 243 Å². The van der Waals surface area contributed by atoms with Crippen molar-refractivity contribution in [3.63, 3.8) is 0 Å². The van der Waals surface area contributed by atoms with E-state index in [2.05, 4.69) is 57.1 Å².